The van der Waals surface area contributed by atoms with Crippen LogP contribution in [0.5, 0.6) is 0 Å². The number of hydrogen-bond donors (Lipinski definition) is 2. The first-order chi connectivity index (χ1) is 17.7. The molecule has 1 atom stereocenters. The summed E-state index contributed by atoms with van der Waals surface area (Å²) < 4.78 is 30.6. The Bertz CT molecular complexity index is 1050. The van der Waals surface area contributed by atoms with Gasteiger partial charge in [0.2, 0.25) is 0 Å². The van der Waals surface area contributed by atoms with Crippen molar-refractivity contribution in [2.75, 3.05) is 31.7 Å². The highest BCUT2D eigenvalue weighted by Crippen LogP contribution is 2.34. The molecule has 0 radical (unpaired) electrons. The van der Waals surface area contributed by atoms with Gasteiger partial charge in [0, 0.05) is 21.9 Å². The molecule has 0 bridgehead atoms. The third kappa shape index (κ3) is 9.15. The van der Waals surface area contributed by atoms with Gasteiger partial charge in [-0.1, -0.05) is 6.42 Å². The number of hydrogen-bond acceptors (Lipinski definition) is 7. The molecule has 0 aromatic heterocycles. The second-order valence-corrected chi connectivity index (χ2v) is 11.6. The molecule has 2 aromatic carbocycles. The fraction of sp³-hybridized carbons (Fsp3) is 0.500. The molecular formula is C26H34F2N4O3S2. The number of thioether (sulfide) groups is 1. The highest BCUT2D eigenvalue weighted by Gasteiger charge is 2.39. The number of nitrogens with zero attached hydrogens (tertiary/aromatic N) is 2. The molecule has 7 nitrogen and oxygen atoms in total. The Balaban J connectivity index is 1.64. The molecule has 3 rings (SSSR count). The van der Waals surface area contributed by atoms with Gasteiger partial charge in [0.05, 0.1) is 4.92 Å². The summed E-state index contributed by atoms with van der Waals surface area (Å²) >= 11 is 2.51. The minimum absolute atomic E-state index is 0.0232. The fourth-order valence-electron chi connectivity index (χ4n) is 4.16. The Morgan fingerprint density at radius 2 is 1.78 bits per heavy atom. The highest BCUT2D eigenvalue weighted by molar-refractivity contribution is 7.99. The number of carbonyl (C=O) groups excluding carboxylic acids is 1. The van der Waals surface area contributed by atoms with Gasteiger partial charge in [0.25, 0.3) is 11.6 Å². The first kappa shape index (κ1) is 29.2. The van der Waals surface area contributed by atoms with Crippen LogP contribution in [-0.2, 0) is 4.79 Å². The van der Waals surface area contributed by atoms with Gasteiger partial charge in [0.1, 0.15) is 11.5 Å². The summed E-state index contributed by atoms with van der Waals surface area (Å²) in [7, 11) is 3.95. The highest BCUT2D eigenvalue weighted by atomic mass is 32.2. The zero-order chi connectivity index (χ0) is 26.8. The number of nitro benzene ring substituents is 1. The van der Waals surface area contributed by atoms with E-state index >= 15 is 0 Å². The van der Waals surface area contributed by atoms with Crippen LogP contribution in [0, 0.1) is 15.9 Å². The minimum atomic E-state index is -1.87. The molecule has 0 spiro atoms. The molecule has 0 heterocycles. The van der Waals surface area contributed by atoms with Crippen LogP contribution in [0.4, 0.5) is 20.2 Å². The number of rotatable bonds is 13. The van der Waals surface area contributed by atoms with Crippen molar-refractivity contribution < 1.29 is 18.5 Å². The van der Waals surface area contributed by atoms with Gasteiger partial charge in [-0.05, 0) is 113 Å². The van der Waals surface area contributed by atoms with E-state index in [2.05, 4.69) is 14.9 Å². The molecule has 1 amide bonds. The SMILES string of the molecule is CN(C)CCC(CCSc1ccc(F)cc1)Nc1ccc(SNC(=O)C2(F)CCCCC2)cc1[N+](=O)[O-]. The third-order valence-corrected chi connectivity index (χ3v) is 8.14. The Hall–Kier alpha value is -2.37. The third-order valence-electron chi connectivity index (χ3n) is 6.31. The summed E-state index contributed by atoms with van der Waals surface area (Å²) in [5.41, 5.74) is -1.58. The number of amides is 1. The van der Waals surface area contributed by atoms with E-state index < -0.39 is 16.5 Å². The molecule has 1 saturated carbocycles. The quantitative estimate of drug-likeness (QED) is 0.128. The van der Waals surface area contributed by atoms with Crippen LogP contribution < -0.4 is 10.0 Å². The maximum Gasteiger partial charge on any atom is 0.293 e. The molecule has 2 aromatic rings. The molecule has 0 saturated heterocycles. The van der Waals surface area contributed by atoms with Crippen molar-refractivity contribution in [2.24, 2.45) is 0 Å². The van der Waals surface area contributed by atoms with Crippen LogP contribution in [0.15, 0.2) is 52.3 Å². The monoisotopic (exact) mass is 552 g/mol. The van der Waals surface area contributed by atoms with Crippen molar-refractivity contribution in [1.29, 1.82) is 0 Å². The van der Waals surface area contributed by atoms with E-state index in [1.807, 2.05) is 14.1 Å². The topological polar surface area (TPSA) is 87.5 Å². The molecule has 1 aliphatic rings. The van der Waals surface area contributed by atoms with Gasteiger partial charge in [-0.25, -0.2) is 8.78 Å². The first-order valence-electron chi connectivity index (χ1n) is 12.4. The van der Waals surface area contributed by atoms with Crippen molar-refractivity contribution in [2.45, 2.75) is 66.4 Å². The van der Waals surface area contributed by atoms with Crippen LogP contribution in [0.3, 0.4) is 0 Å². The number of carbonyl (C=O) groups is 1. The van der Waals surface area contributed by atoms with Crippen molar-refractivity contribution in [3.8, 4) is 0 Å². The normalized spacial score (nSPS) is 15.8. The standard InChI is InChI=1S/C26H34F2N4O3S2/c1-31(2)16-12-20(13-17-36-21-8-6-19(27)7-9-21)29-23-11-10-22(18-24(23)32(34)35)37-30-25(33)26(28)14-4-3-5-15-26/h6-11,18,20,29H,3-5,12-17H2,1-2H3,(H,30,33). The van der Waals surface area contributed by atoms with Gasteiger partial charge in [-0.3, -0.25) is 19.6 Å². The number of benzene rings is 2. The fourth-order valence-corrected chi connectivity index (χ4v) is 5.82. The maximum absolute atomic E-state index is 14.9. The smallest absolute Gasteiger partial charge is 0.293 e. The van der Waals surface area contributed by atoms with E-state index in [0.717, 1.165) is 48.4 Å². The van der Waals surface area contributed by atoms with Crippen molar-refractivity contribution in [1.82, 2.24) is 9.62 Å². The number of nitrogens with one attached hydrogen (secondary N) is 2. The van der Waals surface area contributed by atoms with Crippen LogP contribution >= 0.6 is 23.7 Å². The van der Waals surface area contributed by atoms with Gasteiger partial charge in [0.15, 0.2) is 5.67 Å². The second kappa shape index (κ2) is 14.0. The number of anilines is 1. The van der Waals surface area contributed by atoms with Crippen LogP contribution in [0.1, 0.15) is 44.9 Å². The van der Waals surface area contributed by atoms with E-state index in [4.69, 9.17) is 0 Å². The lowest BCUT2D eigenvalue weighted by molar-refractivity contribution is -0.384. The van der Waals surface area contributed by atoms with Crippen LogP contribution in [0.25, 0.3) is 0 Å². The van der Waals surface area contributed by atoms with E-state index in [1.165, 1.54) is 18.2 Å². The lowest BCUT2D eigenvalue weighted by atomic mass is 9.86. The summed E-state index contributed by atoms with van der Waals surface area (Å²) in [6, 6.07) is 11.0. The minimum Gasteiger partial charge on any atom is -0.377 e. The van der Waals surface area contributed by atoms with Gasteiger partial charge >= 0.3 is 0 Å². The van der Waals surface area contributed by atoms with Crippen molar-refractivity contribution >= 4 is 41.0 Å². The second-order valence-electron chi connectivity index (χ2n) is 9.52. The first-order valence-corrected chi connectivity index (χ1v) is 14.2. The summed E-state index contributed by atoms with van der Waals surface area (Å²) in [4.78, 5) is 27.3. The maximum atomic E-state index is 14.9. The number of halogens is 2. The summed E-state index contributed by atoms with van der Waals surface area (Å²) in [6.07, 6.45) is 4.21. The Labute approximate surface area is 225 Å². The van der Waals surface area contributed by atoms with Crippen LogP contribution in [0.2, 0.25) is 0 Å². The molecule has 1 aliphatic carbocycles. The zero-order valence-corrected chi connectivity index (χ0v) is 22.8. The Morgan fingerprint density at radius 1 is 1.11 bits per heavy atom. The average molecular weight is 553 g/mol. The molecule has 1 fully saturated rings. The predicted octanol–water partition coefficient (Wildman–Crippen LogP) is 6.44. The largest absolute Gasteiger partial charge is 0.377 e. The van der Waals surface area contributed by atoms with Crippen molar-refractivity contribution in [3.05, 3.63) is 58.4 Å². The molecule has 37 heavy (non-hydrogen) atoms. The number of nitro groups is 1. The lowest BCUT2D eigenvalue weighted by Gasteiger charge is -2.27. The summed E-state index contributed by atoms with van der Waals surface area (Å²) in [6.45, 7) is 0.803. The molecular weight excluding hydrogens is 518 g/mol. The predicted molar refractivity (Wildman–Crippen MR) is 146 cm³/mol. The van der Waals surface area contributed by atoms with E-state index in [0.29, 0.717) is 23.4 Å². The van der Waals surface area contributed by atoms with E-state index in [-0.39, 0.29) is 30.4 Å². The molecule has 11 heteroatoms. The van der Waals surface area contributed by atoms with E-state index in [1.54, 1.807) is 36.0 Å². The van der Waals surface area contributed by atoms with E-state index in [9.17, 15) is 23.7 Å². The molecule has 1 unspecified atom stereocenters. The van der Waals surface area contributed by atoms with Crippen molar-refractivity contribution in [3.63, 3.8) is 0 Å². The summed E-state index contributed by atoms with van der Waals surface area (Å²) in [5.74, 6) is -0.193. The Morgan fingerprint density at radius 3 is 2.43 bits per heavy atom. The Kier molecular flexibility index (Phi) is 11.0. The molecule has 2 N–H and O–H groups in total. The van der Waals surface area contributed by atoms with Crippen LogP contribution in [-0.4, -0.2) is 53.8 Å². The van der Waals surface area contributed by atoms with Gasteiger partial charge in [-0.2, -0.15) is 0 Å². The summed E-state index contributed by atoms with van der Waals surface area (Å²) in [5, 5.41) is 15.2. The molecule has 202 valence electrons. The van der Waals surface area contributed by atoms with Gasteiger partial charge < -0.3 is 10.2 Å². The average Bonchev–Trinajstić information content (AvgIpc) is 2.87. The number of alkyl halides is 1. The lowest BCUT2D eigenvalue weighted by Crippen LogP contribution is -2.42. The molecule has 0 aliphatic heterocycles. The zero-order valence-electron chi connectivity index (χ0n) is 21.2. The van der Waals surface area contributed by atoms with Gasteiger partial charge in [-0.15, -0.1) is 11.8 Å².